The van der Waals surface area contributed by atoms with Crippen molar-refractivity contribution in [1.29, 1.82) is 0 Å². The number of hydrogen-bond acceptors (Lipinski definition) is 3. The van der Waals surface area contributed by atoms with Gasteiger partial charge in [-0.05, 0) is 49.9 Å². The number of methoxy groups -OCH3 is 1. The Labute approximate surface area is 133 Å². The van der Waals surface area contributed by atoms with Crippen LogP contribution in [-0.4, -0.2) is 31.0 Å². The first kappa shape index (κ1) is 16.8. The maximum atomic E-state index is 12.5. The number of ether oxygens (including phenoxy) is 1. The third kappa shape index (κ3) is 4.47. The van der Waals surface area contributed by atoms with E-state index in [1.54, 1.807) is 7.11 Å². The highest BCUT2D eigenvalue weighted by Gasteiger charge is 2.29. The minimum absolute atomic E-state index is 0.238. The minimum atomic E-state index is 0.238. The van der Waals surface area contributed by atoms with Gasteiger partial charge in [0, 0.05) is 13.0 Å². The second-order valence-electron chi connectivity index (χ2n) is 5.97. The maximum Gasteiger partial charge on any atom is 0.223 e. The molecule has 0 radical (unpaired) electrons. The molecule has 0 saturated carbocycles. The fraction of sp³-hybridized carbons (Fsp3) is 0.611. The number of nitrogens with two attached hydrogens (primary N) is 1. The summed E-state index contributed by atoms with van der Waals surface area (Å²) in [5.74, 6) is 1.16. The number of unbranched alkanes of at least 4 members (excludes halogenated alkanes) is 3. The van der Waals surface area contributed by atoms with Crippen LogP contribution in [0.3, 0.4) is 0 Å². The van der Waals surface area contributed by atoms with Gasteiger partial charge in [-0.25, -0.2) is 0 Å². The Morgan fingerprint density at radius 1 is 1.23 bits per heavy atom. The lowest BCUT2D eigenvalue weighted by atomic mass is 10.0. The van der Waals surface area contributed by atoms with Crippen molar-refractivity contribution in [3.63, 3.8) is 0 Å². The third-order valence-electron chi connectivity index (χ3n) is 4.42. The first-order valence-electron chi connectivity index (χ1n) is 8.39. The smallest absolute Gasteiger partial charge is 0.223 e. The third-order valence-corrected chi connectivity index (χ3v) is 4.42. The molecule has 1 atom stereocenters. The normalized spacial score (nSPS) is 17.7. The lowest BCUT2D eigenvalue weighted by Gasteiger charge is -2.25. The van der Waals surface area contributed by atoms with Crippen LogP contribution in [-0.2, 0) is 4.79 Å². The van der Waals surface area contributed by atoms with Crippen LogP contribution in [0.15, 0.2) is 24.3 Å². The molecule has 0 aromatic heterocycles. The van der Waals surface area contributed by atoms with Crippen molar-refractivity contribution in [2.75, 3.05) is 20.2 Å². The average molecular weight is 304 g/mol. The quantitative estimate of drug-likeness (QED) is 0.750. The molecule has 1 aromatic rings. The van der Waals surface area contributed by atoms with E-state index in [1.165, 1.54) is 5.56 Å². The lowest BCUT2D eigenvalue weighted by molar-refractivity contribution is -0.132. The second-order valence-corrected chi connectivity index (χ2v) is 5.97. The van der Waals surface area contributed by atoms with Gasteiger partial charge in [0.25, 0.3) is 0 Å². The fourth-order valence-electron chi connectivity index (χ4n) is 3.16. The van der Waals surface area contributed by atoms with E-state index in [0.717, 1.165) is 57.4 Å². The number of carbonyl (C=O) groups excluding carboxylic acids is 1. The Bertz CT molecular complexity index is 459. The zero-order chi connectivity index (χ0) is 15.8. The average Bonchev–Trinajstić information content (AvgIpc) is 3.04. The fourth-order valence-corrected chi connectivity index (χ4v) is 3.16. The Kier molecular flexibility index (Phi) is 6.72. The van der Waals surface area contributed by atoms with Crippen LogP contribution in [0.25, 0.3) is 0 Å². The Morgan fingerprint density at radius 3 is 2.64 bits per heavy atom. The zero-order valence-electron chi connectivity index (χ0n) is 13.6. The van der Waals surface area contributed by atoms with Crippen LogP contribution < -0.4 is 10.5 Å². The molecular weight excluding hydrogens is 276 g/mol. The van der Waals surface area contributed by atoms with Gasteiger partial charge in [-0.15, -0.1) is 0 Å². The summed E-state index contributed by atoms with van der Waals surface area (Å²) in [6.45, 7) is 1.64. The molecule has 22 heavy (non-hydrogen) atoms. The number of carbonyl (C=O) groups is 1. The molecule has 4 nitrogen and oxygen atoms in total. The standard InChI is InChI=1S/C18H28N2O2/c1-22-16-11-9-15(10-12-16)17-7-6-14-20(17)18(21)8-4-2-3-5-13-19/h9-12,17H,2-8,13-14,19H2,1H3. The molecule has 1 aliphatic rings. The van der Waals surface area contributed by atoms with Crippen molar-refractivity contribution in [3.8, 4) is 5.75 Å². The Balaban J connectivity index is 1.87. The number of benzene rings is 1. The van der Waals surface area contributed by atoms with E-state index < -0.39 is 0 Å². The highest BCUT2D eigenvalue weighted by molar-refractivity contribution is 5.77. The van der Waals surface area contributed by atoms with Crippen molar-refractivity contribution in [3.05, 3.63) is 29.8 Å². The van der Waals surface area contributed by atoms with Gasteiger partial charge in [0.2, 0.25) is 5.91 Å². The summed E-state index contributed by atoms with van der Waals surface area (Å²) in [4.78, 5) is 14.5. The molecule has 1 aliphatic heterocycles. The summed E-state index contributed by atoms with van der Waals surface area (Å²) in [7, 11) is 1.67. The van der Waals surface area contributed by atoms with Crippen molar-refractivity contribution in [2.24, 2.45) is 5.73 Å². The van der Waals surface area contributed by atoms with E-state index in [2.05, 4.69) is 17.0 Å². The van der Waals surface area contributed by atoms with Gasteiger partial charge < -0.3 is 15.4 Å². The van der Waals surface area contributed by atoms with Gasteiger partial charge >= 0.3 is 0 Å². The topological polar surface area (TPSA) is 55.6 Å². The highest BCUT2D eigenvalue weighted by Crippen LogP contribution is 2.33. The zero-order valence-corrected chi connectivity index (χ0v) is 13.6. The number of likely N-dealkylation sites (tertiary alicyclic amines) is 1. The van der Waals surface area contributed by atoms with Crippen molar-refractivity contribution >= 4 is 5.91 Å². The molecule has 1 heterocycles. The molecule has 1 saturated heterocycles. The molecule has 4 heteroatoms. The van der Waals surface area contributed by atoms with E-state index in [-0.39, 0.29) is 6.04 Å². The second kappa shape index (κ2) is 8.79. The van der Waals surface area contributed by atoms with E-state index in [4.69, 9.17) is 10.5 Å². The summed E-state index contributed by atoms with van der Waals surface area (Å²) < 4.78 is 5.20. The molecule has 1 amide bonds. The SMILES string of the molecule is COc1ccc(C2CCCN2C(=O)CCCCCCN)cc1. The van der Waals surface area contributed by atoms with Crippen molar-refractivity contribution < 1.29 is 9.53 Å². The summed E-state index contributed by atoms with van der Waals surface area (Å²) in [5.41, 5.74) is 6.71. The molecular formula is C18H28N2O2. The molecule has 2 rings (SSSR count). The highest BCUT2D eigenvalue weighted by atomic mass is 16.5. The van der Waals surface area contributed by atoms with Gasteiger partial charge in [-0.2, -0.15) is 0 Å². The lowest BCUT2D eigenvalue weighted by Crippen LogP contribution is -2.30. The molecule has 0 bridgehead atoms. The van der Waals surface area contributed by atoms with Crippen LogP contribution in [0.2, 0.25) is 0 Å². The van der Waals surface area contributed by atoms with Crippen LogP contribution in [0.1, 0.15) is 56.6 Å². The van der Waals surface area contributed by atoms with Crippen LogP contribution in [0.5, 0.6) is 5.75 Å². The molecule has 1 fully saturated rings. The maximum absolute atomic E-state index is 12.5. The number of amides is 1. The number of hydrogen-bond donors (Lipinski definition) is 1. The predicted octanol–water partition coefficient (Wildman–Crippen LogP) is 3.27. The monoisotopic (exact) mass is 304 g/mol. The predicted molar refractivity (Wildman–Crippen MR) is 88.8 cm³/mol. The van der Waals surface area contributed by atoms with Gasteiger partial charge in [0.15, 0.2) is 0 Å². The Morgan fingerprint density at radius 2 is 1.95 bits per heavy atom. The summed E-state index contributed by atoms with van der Waals surface area (Å²) in [6.07, 6.45) is 7.09. The summed E-state index contributed by atoms with van der Waals surface area (Å²) >= 11 is 0. The first-order chi connectivity index (χ1) is 10.8. The Hall–Kier alpha value is -1.55. The first-order valence-corrected chi connectivity index (χ1v) is 8.39. The minimum Gasteiger partial charge on any atom is -0.497 e. The van der Waals surface area contributed by atoms with E-state index in [9.17, 15) is 4.79 Å². The molecule has 1 unspecified atom stereocenters. The molecule has 1 aromatic carbocycles. The van der Waals surface area contributed by atoms with Gasteiger partial charge in [-0.3, -0.25) is 4.79 Å². The number of nitrogens with zero attached hydrogens (tertiary/aromatic N) is 1. The molecule has 0 aliphatic carbocycles. The van der Waals surface area contributed by atoms with Crippen molar-refractivity contribution in [2.45, 2.75) is 51.0 Å². The van der Waals surface area contributed by atoms with Gasteiger partial charge in [-0.1, -0.05) is 25.0 Å². The summed E-state index contributed by atoms with van der Waals surface area (Å²) in [5, 5.41) is 0. The van der Waals surface area contributed by atoms with Gasteiger partial charge in [0.1, 0.15) is 5.75 Å². The van der Waals surface area contributed by atoms with E-state index in [0.29, 0.717) is 12.3 Å². The van der Waals surface area contributed by atoms with E-state index in [1.807, 2.05) is 12.1 Å². The molecule has 0 spiro atoms. The molecule has 2 N–H and O–H groups in total. The van der Waals surface area contributed by atoms with Crippen molar-refractivity contribution in [1.82, 2.24) is 4.90 Å². The largest absolute Gasteiger partial charge is 0.497 e. The summed E-state index contributed by atoms with van der Waals surface area (Å²) in [6, 6.07) is 8.35. The van der Waals surface area contributed by atoms with Crippen LogP contribution in [0, 0.1) is 0 Å². The molecule has 122 valence electrons. The van der Waals surface area contributed by atoms with E-state index >= 15 is 0 Å². The van der Waals surface area contributed by atoms with Crippen LogP contribution in [0.4, 0.5) is 0 Å². The van der Waals surface area contributed by atoms with Gasteiger partial charge in [0.05, 0.1) is 13.2 Å². The number of rotatable bonds is 8. The van der Waals surface area contributed by atoms with Crippen LogP contribution >= 0.6 is 0 Å².